The predicted octanol–water partition coefficient (Wildman–Crippen LogP) is 4.54. The lowest BCUT2D eigenvalue weighted by molar-refractivity contribution is -0.156. The molecule has 8 nitrogen and oxygen atoms in total. The van der Waals surface area contributed by atoms with Crippen LogP contribution in [0.3, 0.4) is 0 Å². The Labute approximate surface area is 241 Å². The van der Waals surface area contributed by atoms with Crippen LogP contribution in [0.2, 0.25) is 5.02 Å². The third-order valence-electron chi connectivity index (χ3n) is 8.35. The highest BCUT2D eigenvalue weighted by molar-refractivity contribution is 6.30. The van der Waals surface area contributed by atoms with E-state index in [0.29, 0.717) is 36.4 Å². The van der Waals surface area contributed by atoms with Gasteiger partial charge in [0, 0.05) is 17.3 Å². The number of esters is 1. The molecule has 2 amide bonds. The van der Waals surface area contributed by atoms with E-state index in [1.807, 2.05) is 19.9 Å². The molecule has 4 rings (SSSR count). The summed E-state index contributed by atoms with van der Waals surface area (Å²) in [5.41, 5.74) is -0.573. The fourth-order valence-corrected chi connectivity index (χ4v) is 6.86. The highest BCUT2D eigenvalue weighted by Crippen LogP contribution is 2.59. The number of fused-ring (bicyclic) bond motifs is 1. The van der Waals surface area contributed by atoms with Gasteiger partial charge in [0.1, 0.15) is 11.6 Å². The average Bonchev–Trinajstić information content (AvgIpc) is 3.57. The van der Waals surface area contributed by atoms with E-state index >= 15 is 0 Å². The molecule has 40 heavy (non-hydrogen) atoms. The lowest BCUT2D eigenvalue weighted by Gasteiger charge is -2.39. The molecular weight excluding hydrogens is 532 g/mol. The summed E-state index contributed by atoms with van der Waals surface area (Å²) in [7, 11) is 0. The number of likely N-dealkylation sites (tertiary alicyclic amines) is 1. The molecule has 3 fully saturated rings. The van der Waals surface area contributed by atoms with E-state index in [9.17, 15) is 19.5 Å². The molecule has 3 saturated heterocycles. The van der Waals surface area contributed by atoms with Crippen molar-refractivity contribution in [1.82, 2.24) is 4.90 Å². The number of hydrogen-bond acceptors (Lipinski definition) is 6. The summed E-state index contributed by atoms with van der Waals surface area (Å²) in [6, 6.07) is 5.29. The number of nitrogens with zero attached hydrogens (tertiary/aromatic N) is 2. The first-order valence-electron chi connectivity index (χ1n) is 14.3. The summed E-state index contributed by atoms with van der Waals surface area (Å²) < 4.78 is 12.2. The average molecular weight is 573 g/mol. The second kappa shape index (κ2) is 12.9. The van der Waals surface area contributed by atoms with Gasteiger partial charge in [-0.15, -0.1) is 13.2 Å². The van der Waals surface area contributed by atoms with Crippen molar-refractivity contribution in [3.63, 3.8) is 0 Å². The van der Waals surface area contributed by atoms with Gasteiger partial charge in [0.2, 0.25) is 5.91 Å². The van der Waals surface area contributed by atoms with Gasteiger partial charge in [-0.05, 0) is 68.7 Å². The molecule has 0 saturated carbocycles. The van der Waals surface area contributed by atoms with Gasteiger partial charge in [0.05, 0.1) is 37.2 Å². The quantitative estimate of drug-likeness (QED) is 0.200. The summed E-state index contributed by atoms with van der Waals surface area (Å²) in [5.74, 6) is -2.60. The van der Waals surface area contributed by atoms with Crippen LogP contribution in [-0.4, -0.2) is 71.3 Å². The van der Waals surface area contributed by atoms with Crippen LogP contribution in [0.1, 0.15) is 52.4 Å². The van der Waals surface area contributed by atoms with E-state index in [2.05, 4.69) is 13.2 Å². The van der Waals surface area contributed by atoms with Crippen molar-refractivity contribution in [2.75, 3.05) is 24.7 Å². The Morgan fingerprint density at radius 2 is 1.98 bits per heavy atom. The molecule has 9 heteroatoms. The Hall–Kier alpha value is -2.68. The van der Waals surface area contributed by atoms with E-state index in [-0.39, 0.29) is 37.5 Å². The molecule has 3 aliphatic rings. The van der Waals surface area contributed by atoms with Gasteiger partial charge in [0.25, 0.3) is 5.91 Å². The van der Waals surface area contributed by atoms with Crippen molar-refractivity contribution in [1.29, 1.82) is 0 Å². The van der Waals surface area contributed by atoms with Crippen LogP contribution in [0, 0.1) is 17.8 Å². The number of carbonyl (C=O) groups is 3. The highest BCUT2D eigenvalue weighted by Gasteiger charge is 2.75. The Morgan fingerprint density at radius 3 is 2.60 bits per heavy atom. The van der Waals surface area contributed by atoms with Crippen LogP contribution in [0.5, 0.6) is 0 Å². The molecular formula is C31H41ClN2O6. The largest absolute Gasteiger partial charge is 0.465 e. The molecule has 6 atom stereocenters. The summed E-state index contributed by atoms with van der Waals surface area (Å²) in [6.07, 6.45) is 6.86. The van der Waals surface area contributed by atoms with Gasteiger partial charge in [-0.1, -0.05) is 37.6 Å². The summed E-state index contributed by atoms with van der Waals surface area (Å²) in [5, 5.41) is 11.0. The zero-order valence-electron chi connectivity index (χ0n) is 23.5. The number of allylic oxidation sites excluding steroid dienone is 1. The first kappa shape index (κ1) is 30.3. The maximum Gasteiger partial charge on any atom is 0.312 e. The van der Waals surface area contributed by atoms with E-state index in [4.69, 9.17) is 21.1 Å². The molecule has 3 aliphatic heterocycles. The van der Waals surface area contributed by atoms with Crippen molar-refractivity contribution in [2.24, 2.45) is 17.8 Å². The Bertz CT molecular complexity index is 1110. The second-order valence-corrected chi connectivity index (χ2v) is 11.9. The van der Waals surface area contributed by atoms with E-state index < -0.39 is 41.6 Å². The third-order valence-corrected chi connectivity index (χ3v) is 8.61. The SMILES string of the molecule is C=CCCCCOC(=O)[C@@H]1[C@@H]2CCC3(O2)C(C(=O)N(CC=C)c2ccc(Cl)cc2)N([C@@H](CO)CC(C)C)C(=O)[C@H]13. The molecule has 2 unspecified atom stereocenters. The van der Waals surface area contributed by atoms with Crippen LogP contribution in [0.15, 0.2) is 49.6 Å². The van der Waals surface area contributed by atoms with Crippen molar-refractivity contribution in [3.05, 3.63) is 54.6 Å². The van der Waals surface area contributed by atoms with Gasteiger partial charge >= 0.3 is 5.97 Å². The number of aliphatic hydroxyl groups excluding tert-OH is 1. The number of amides is 2. The van der Waals surface area contributed by atoms with Gasteiger partial charge in [-0.25, -0.2) is 0 Å². The maximum absolute atomic E-state index is 14.5. The van der Waals surface area contributed by atoms with Crippen molar-refractivity contribution in [3.8, 4) is 0 Å². The fraction of sp³-hybridized carbons (Fsp3) is 0.581. The van der Waals surface area contributed by atoms with Gasteiger partial charge in [0.15, 0.2) is 0 Å². The molecule has 1 spiro atoms. The van der Waals surface area contributed by atoms with Crippen molar-refractivity contribution >= 4 is 35.1 Å². The van der Waals surface area contributed by atoms with E-state index in [1.54, 1.807) is 35.2 Å². The molecule has 1 aromatic carbocycles. The van der Waals surface area contributed by atoms with Crippen LogP contribution >= 0.6 is 11.6 Å². The van der Waals surface area contributed by atoms with Gasteiger partial charge in [-0.2, -0.15) is 0 Å². The molecule has 0 radical (unpaired) electrons. The number of carbonyl (C=O) groups excluding carboxylic acids is 3. The molecule has 1 aromatic rings. The second-order valence-electron chi connectivity index (χ2n) is 11.4. The third kappa shape index (κ3) is 5.58. The number of benzene rings is 1. The van der Waals surface area contributed by atoms with Crippen molar-refractivity contribution < 1.29 is 29.0 Å². The monoisotopic (exact) mass is 572 g/mol. The lowest BCUT2D eigenvalue weighted by atomic mass is 9.70. The van der Waals surface area contributed by atoms with Crippen molar-refractivity contribution in [2.45, 2.75) is 76.2 Å². The summed E-state index contributed by atoms with van der Waals surface area (Å²) in [6.45, 7) is 11.7. The molecule has 2 bridgehead atoms. The predicted molar refractivity (Wildman–Crippen MR) is 154 cm³/mol. The smallest absolute Gasteiger partial charge is 0.312 e. The molecule has 0 aromatic heterocycles. The first-order valence-corrected chi connectivity index (χ1v) is 14.6. The molecule has 1 N–H and O–H groups in total. The molecule has 218 valence electrons. The normalized spacial score (nSPS) is 27.5. The van der Waals surface area contributed by atoms with Gasteiger partial charge in [-0.3, -0.25) is 14.4 Å². The maximum atomic E-state index is 14.5. The van der Waals surface area contributed by atoms with Gasteiger partial charge < -0.3 is 24.4 Å². The Kier molecular flexibility index (Phi) is 9.75. The topological polar surface area (TPSA) is 96.4 Å². The number of halogens is 1. The van der Waals surface area contributed by atoms with Crippen LogP contribution < -0.4 is 4.90 Å². The van der Waals surface area contributed by atoms with Crippen LogP contribution in [0.25, 0.3) is 0 Å². The Morgan fingerprint density at radius 1 is 1.25 bits per heavy atom. The standard InChI is InChI=1S/C31H41ClN2O6/c1-5-7-8-9-17-39-30(38)25-24-14-15-31(40-24)26(25)28(36)34(23(19-35)18-20(3)4)27(31)29(37)33(16-6-2)22-12-10-21(32)11-13-22/h5-6,10-13,20,23-27,35H,1-2,7-9,14-19H2,3-4H3/t23-,24+,25-,26+,27?,31?/m1/s1. The number of aliphatic hydroxyl groups is 1. The minimum absolute atomic E-state index is 0.160. The van der Waals surface area contributed by atoms with E-state index in [0.717, 1.165) is 12.8 Å². The minimum atomic E-state index is -1.18. The van der Waals surface area contributed by atoms with E-state index in [1.165, 1.54) is 4.90 Å². The number of ether oxygens (including phenoxy) is 2. The van der Waals surface area contributed by atoms with Crippen LogP contribution in [0.4, 0.5) is 5.69 Å². The minimum Gasteiger partial charge on any atom is -0.465 e. The summed E-state index contributed by atoms with van der Waals surface area (Å²) in [4.78, 5) is 45.3. The fourth-order valence-electron chi connectivity index (χ4n) is 6.73. The zero-order chi connectivity index (χ0) is 29.0. The van der Waals surface area contributed by atoms with Crippen LogP contribution in [-0.2, 0) is 23.9 Å². The Balaban J connectivity index is 1.71. The molecule has 3 heterocycles. The number of anilines is 1. The highest BCUT2D eigenvalue weighted by atomic mass is 35.5. The summed E-state index contributed by atoms with van der Waals surface area (Å²) >= 11 is 6.11. The lowest BCUT2D eigenvalue weighted by Crippen LogP contribution is -2.59. The number of unbranched alkanes of at least 4 members (excludes halogenated alkanes) is 2. The number of rotatable bonds is 14. The first-order chi connectivity index (χ1) is 19.2. The zero-order valence-corrected chi connectivity index (χ0v) is 24.2. The molecule has 0 aliphatic carbocycles. The number of hydrogen-bond donors (Lipinski definition) is 1.